The molecular formula is C21H29Cl2Si2Zr. The Hall–Kier alpha value is 0.337. The van der Waals surface area contributed by atoms with E-state index in [1.807, 2.05) is 0 Å². The van der Waals surface area contributed by atoms with Gasteiger partial charge in [0.15, 0.2) is 0 Å². The van der Waals surface area contributed by atoms with Crippen LogP contribution < -0.4 is 38.5 Å². The molecule has 0 radical (unpaired) electrons. The van der Waals surface area contributed by atoms with Crippen molar-refractivity contribution in [3.8, 4) is 11.1 Å². The second-order valence-electron chi connectivity index (χ2n) is 9.45. The van der Waals surface area contributed by atoms with Gasteiger partial charge in [0.2, 0.25) is 0 Å². The number of benzene rings is 2. The van der Waals surface area contributed by atoms with Crippen molar-refractivity contribution < 1.29 is 49.5 Å². The molecule has 139 valence electrons. The van der Waals surface area contributed by atoms with Crippen molar-refractivity contribution in [2.45, 2.75) is 59.6 Å². The van der Waals surface area contributed by atoms with Gasteiger partial charge < -0.3 is 24.8 Å². The molecule has 0 bridgehead atoms. The Morgan fingerprint density at radius 2 is 1.27 bits per heavy atom. The summed E-state index contributed by atoms with van der Waals surface area (Å²) in [4.78, 5) is 0. The fourth-order valence-corrected chi connectivity index (χ4v) is 9.05. The average molecular weight is 500 g/mol. The van der Waals surface area contributed by atoms with Crippen LogP contribution in [0.4, 0.5) is 0 Å². The summed E-state index contributed by atoms with van der Waals surface area (Å²) in [6.45, 7) is 19.5. The predicted octanol–water partition coefficient (Wildman–Crippen LogP) is -1.85. The molecule has 0 saturated carbocycles. The van der Waals surface area contributed by atoms with Crippen LogP contribution in [0.1, 0.15) is 22.3 Å². The van der Waals surface area contributed by atoms with Crippen molar-refractivity contribution in [3.63, 3.8) is 0 Å². The summed E-state index contributed by atoms with van der Waals surface area (Å²) in [7, 11) is -2.61. The second kappa shape index (κ2) is 7.99. The molecule has 0 unspecified atom stereocenters. The van der Waals surface area contributed by atoms with Gasteiger partial charge in [-0.05, 0) is 0 Å². The van der Waals surface area contributed by atoms with Gasteiger partial charge in [0.05, 0.1) is 0 Å². The van der Waals surface area contributed by atoms with Crippen molar-refractivity contribution >= 4 is 29.8 Å². The topological polar surface area (TPSA) is 0 Å². The Morgan fingerprint density at radius 1 is 0.769 bits per heavy atom. The third kappa shape index (κ3) is 4.18. The molecule has 1 aliphatic rings. The zero-order valence-corrected chi connectivity index (χ0v) is 23.2. The van der Waals surface area contributed by atoms with Gasteiger partial charge in [-0.3, -0.25) is 0 Å². The van der Waals surface area contributed by atoms with Crippen LogP contribution in [0.5, 0.6) is 0 Å². The summed E-state index contributed by atoms with van der Waals surface area (Å²) < 4.78 is 1.63. The zero-order chi connectivity index (χ0) is 18.0. The number of hydrogen-bond donors (Lipinski definition) is 0. The molecule has 0 spiro atoms. The molecule has 0 saturated heterocycles. The second-order valence-corrected chi connectivity index (χ2v) is 20.8. The Kier molecular flexibility index (Phi) is 7.49. The van der Waals surface area contributed by atoms with Gasteiger partial charge in [0, 0.05) is 0 Å². The molecule has 26 heavy (non-hydrogen) atoms. The SMILES string of the molecule is Cc1cc2c(cc1[Si](C)(C)C)-c1cc([Si](C)(C)C)c(C)[c]([Zr+2])c1C2.[Cl-].[Cl-]. The molecule has 0 aromatic heterocycles. The maximum absolute atomic E-state index is 2.57. The molecule has 0 fully saturated rings. The normalized spacial score (nSPS) is 12.8. The summed E-state index contributed by atoms with van der Waals surface area (Å²) in [5.41, 5.74) is 9.36. The van der Waals surface area contributed by atoms with Crippen molar-refractivity contribution in [2.75, 3.05) is 0 Å². The Bertz CT molecular complexity index is 847. The van der Waals surface area contributed by atoms with E-state index in [0.29, 0.717) is 0 Å². The van der Waals surface area contributed by atoms with Gasteiger partial charge in [-0.25, -0.2) is 0 Å². The van der Waals surface area contributed by atoms with E-state index in [1.54, 1.807) is 60.6 Å². The molecule has 3 rings (SSSR count). The monoisotopic (exact) mass is 497 g/mol. The van der Waals surface area contributed by atoms with Gasteiger partial charge in [-0.15, -0.1) is 0 Å². The van der Waals surface area contributed by atoms with Crippen molar-refractivity contribution in [1.29, 1.82) is 0 Å². The van der Waals surface area contributed by atoms with E-state index in [2.05, 4.69) is 71.3 Å². The smallest absolute Gasteiger partial charge is 1.00 e. The predicted molar refractivity (Wildman–Crippen MR) is 110 cm³/mol. The fourth-order valence-electron chi connectivity index (χ4n) is 4.20. The first-order valence-corrected chi connectivity index (χ1v) is 17.2. The number of fused-ring (bicyclic) bond motifs is 3. The first-order valence-electron chi connectivity index (χ1n) is 8.94. The zero-order valence-electron chi connectivity index (χ0n) is 17.2. The van der Waals surface area contributed by atoms with E-state index in [-0.39, 0.29) is 24.8 Å². The summed E-state index contributed by atoms with van der Waals surface area (Å²) in [5.74, 6) is 0. The van der Waals surface area contributed by atoms with Crippen LogP contribution in [0, 0.1) is 13.8 Å². The average Bonchev–Trinajstić information content (AvgIpc) is 2.77. The first kappa shape index (κ1) is 24.4. The summed E-state index contributed by atoms with van der Waals surface area (Å²) in [6, 6.07) is 7.61. The molecule has 5 heteroatoms. The molecule has 0 atom stereocenters. The molecule has 2 aromatic rings. The molecule has 0 N–H and O–H groups in total. The summed E-state index contributed by atoms with van der Waals surface area (Å²) in [6.07, 6.45) is 1.14. The fraction of sp³-hybridized carbons (Fsp3) is 0.429. The molecular weight excluding hydrogens is 471 g/mol. The van der Waals surface area contributed by atoms with Gasteiger partial charge in [0.25, 0.3) is 0 Å². The number of halogens is 2. The summed E-state index contributed by atoms with van der Waals surface area (Å²) >= 11 is 1.58. The number of hydrogen-bond acceptors (Lipinski definition) is 0. The minimum atomic E-state index is -1.31. The molecule has 0 heterocycles. The molecule has 0 nitrogen and oxygen atoms in total. The van der Waals surface area contributed by atoms with E-state index < -0.39 is 16.1 Å². The van der Waals surface area contributed by atoms with Crippen molar-refractivity contribution in [2.24, 2.45) is 0 Å². The quantitative estimate of drug-likeness (QED) is 0.363. The summed E-state index contributed by atoms with van der Waals surface area (Å²) in [5, 5.41) is 3.30. The molecule has 2 aromatic carbocycles. The van der Waals surface area contributed by atoms with E-state index >= 15 is 0 Å². The Labute approximate surface area is 189 Å². The number of rotatable bonds is 2. The minimum absolute atomic E-state index is 0. The maximum Gasteiger partial charge on any atom is -1.00 e. The van der Waals surface area contributed by atoms with E-state index in [9.17, 15) is 0 Å². The molecule has 0 aliphatic heterocycles. The van der Waals surface area contributed by atoms with E-state index in [4.69, 9.17) is 0 Å². The van der Waals surface area contributed by atoms with Crippen LogP contribution in [0.15, 0.2) is 18.2 Å². The molecule has 0 amide bonds. The third-order valence-electron chi connectivity index (χ3n) is 5.42. The van der Waals surface area contributed by atoms with Crippen LogP contribution in [-0.2, 0) is 31.1 Å². The van der Waals surface area contributed by atoms with Crippen LogP contribution in [-0.4, -0.2) is 16.1 Å². The van der Waals surface area contributed by atoms with Gasteiger partial charge in [-0.2, -0.15) is 0 Å². The minimum Gasteiger partial charge on any atom is -1.00 e. The first-order chi connectivity index (χ1) is 10.9. The third-order valence-corrected chi connectivity index (χ3v) is 11.4. The largest absolute Gasteiger partial charge is 1.00 e. The standard InChI is InChI=1S/C21H29Si2.2ClH.Zr/c1-14-9-16-11-17-10-15(2)21(23(6,7)8)13-19(17)18(16)12-20(14)22(3,4)5;;;/h9,12-13H,11H2,1-8H3;2*1H;/q;;;+2/p-2. The van der Waals surface area contributed by atoms with Crippen molar-refractivity contribution in [3.05, 3.63) is 40.5 Å². The maximum atomic E-state index is 2.57. The van der Waals surface area contributed by atoms with Crippen LogP contribution >= 0.6 is 0 Å². The Morgan fingerprint density at radius 3 is 1.77 bits per heavy atom. The number of aryl methyl sites for hydroxylation is 1. The van der Waals surface area contributed by atoms with Gasteiger partial charge in [-0.1, -0.05) is 0 Å². The van der Waals surface area contributed by atoms with Crippen LogP contribution in [0.25, 0.3) is 11.1 Å². The van der Waals surface area contributed by atoms with Crippen molar-refractivity contribution in [1.82, 2.24) is 0 Å². The van der Waals surface area contributed by atoms with Gasteiger partial charge >= 0.3 is 166 Å². The van der Waals surface area contributed by atoms with Gasteiger partial charge in [0.1, 0.15) is 0 Å². The van der Waals surface area contributed by atoms with Crippen LogP contribution in [0.3, 0.4) is 0 Å². The van der Waals surface area contributed by atoms with E-state index in [0.717, 1.165) is 6.42 Å². The molecule has 1 aliphatic carbocycles. The van der Waals surface area contributed by atoms with Crippen LogP contribution in [0.2, 0.25) is 39.3 Å². The Balaban J connectivity index is 0.00000169. The van der Waals surface area contributed by atoms with E-state index in [1.165, 1.54) is 11.1 Å².